The maximum absolute atomic E-state index is 5.50. The van der Waals surface area contributed by atoms with Crippen LogP contribution in [0.1, 0.15) is 17.2 Å². The Bertz CT molecular complexity index is 559. The van der Waals surface area contributed by atoms with Crippen LogP contribution in [0.15, 0.2) is 30.3 Å². The topological polar surface area (TPSA) is 20.8 Å². The van der Waals surface area contributed by atoms with Gasteiger partial charge in [-0.1, -0.05) is 30.4 Å². The smallest absolute Gasteiger partial charge is 0.317 e. The zero-order chi connectivity index (χ0) is 13.3. The Labute approximate surface area is 113 Å². The van der Waals surface area contributed by atoms with Gasteiger partial charge in [-0.3, -0.25) is 0 Å². The number of thiocarbonyl (C=S) groups is 1. The summed E-state index contributed by atoms with van der Waals surface area (Å²) >= 11 is 5.50. The lowest BCUT2D eigenvalue weighted by Crippen LogP contribution is -2.39. The number of nitrogens with zero attached hydrogens (tertiary/aromatic N) is 2. The van der Waals surface area contributed by atoms with Gasteiger partial charge < -0.3 is 5.32 Å². The number of benzene rings is 1. The molecule has 0 spiro atoms. The van der Waals surface area contributed by atoms with Gasteiger partial charge in [0.25, 0.3) is 0 Å². The average molecular weight is 260 g/mol. The molecular weight excluding hydrogens is 242 g/mol. The summed E-state index contributed by atoms with van der Waals surface area (Å²) in [5, 5.41) is 3.27. The van der Waals surface area contributed by atoms with Crippen LogP contribution in [-0.2, 0) is 14.1 Å². The number of rotatable bonds is 2. The summed E-state index contributed by atoms with van der Waals surface area (Å²) in [4.78, 5) is 0.738. The van der Waals surface area contributed by atoms with Crippen LogP contribution in [0.5, 0.6) is 0 Å². The molecule has 1 aromatic carbocycles. The van der Waals surface area contributed by atoms with E-state index >= 15 is 0 Å². The van der Waals surface area contributed by atoms with Crippen LogP contribution in [0, 0.1) is 13.8 Å². The number of hydrogen-bond donors (Lipinski definition) is 1. The largest absolute Gasteiger partial charge is 0.340 e. The highest BCUT2D eigenvalue weighted by molar-refractivity contribution is 7.81. The van der Waals surface area contributed by atoms with Crippen LogP contribution in [0.2, 0.25) is 0 Å². The number of nitrogens with one attached hydrogen (secondary N) is 1. The molecule has 1 N–H and O–H groups in total. The van der Waals surface area contributed by atoms with Crippen molar-refractivity contribution in [3.63, 3.8) is 0 Å². The van der Waals surface area contributed by atoms with Crippen molar-refractivity contribution in [2.75, 3.05) is 5.32 Å². The molecule has 0 atom stereocenters. The fraction of sp³-hybridized carbons (Fsp3) is 0.286. The van der Waals surface area contributed by atoms with Gasteiger partial charge in [0.2, 0.25) is 0 Å². The molecule has 2 aromatic rings. The molecule has 2 rings (SSSR count). The summed E-state index contributed by atoms with van der Waals surface area (Å²) in [6, 6.07) is 9.99. The van der Waals surface area contributed by atoms with E-state index in [0.717, 1.165) is 16.5 Å². The molecule has 0 amide bonds. The van der Waals surface area contributed by atoms with Crippen molar-refractivity contribution in [3.05, 3.63) is 47.5 Å². The van der Waals surface area contributed by atoms with E-state index in [1.807, 2.05) is 44.4 Å². The summed E-state index contributed by atoms with van der Waals surface area (Å²) in [6.45, 7) is 4.20. The second kappa shape index (κ2) is 4.90. The molecule has 18 heavy (non-hydrogen) atoms. The molecule has 0 aliphatic carbocycles. The number of anilines is 1. The molecular formula is C14H18N3S+. The fourth-order valence-electron chi connectivity index (χ4n) is 2.04. The zero-order valence-electron chi connectivity index (χ0n) is 11.2. The van der Waals surface area contributed by atoms with Crippen molar-refractivity contribution in [2.24, 2.45) is 14.1 Å². The third-order valence-corrected chi connectivity index (χ3v) is 3.68. The molecule has 0 saturated heterocycles. The SMILES string of the molecule is Cc1c(C)[n+](C)c(C(=S)Nc2ccccc2)n1C. The third kappa shape index (κ3) is 2.16. The minimum atomic E-state index is 0.738. The van der Waals surface area contributed by atoms with E-state index in [1.165, 1.54) is 11.4 Å². The quantitative estimate of drug-likeness (QED) is 0.660. The van der Waals surface area contributed by atoms with Crippen molar-refractivity contribution < 1.29 is 4.57 Å². The van der Waals surface area contributed by atoms with Crippen LogP contribution in [0.25, 0.3) is 0 Å². The van der Waals surface area contributed by atoms with E-state index in [0.29, 0.717) is 0 Å². The van der Waals surface area contributed by atoms with E-state index in [4.69, 9.17) is 12.2 Å². The van der Waals surface area contributed by atoms with Gasteiger partial charge in [-0.05, 0) is 12.1 Å². The molecule has 3 nitrogen and oxygen atoms in total. The standard InChI is InChI=1S/C14H17N3S/c1-10-11(2)17(4)14(16(10)3)13(18)15-12-8-6-5-7-9-12/h5-9H,1-4H3/p+1. The van der Waals surface area contributed by atoms with Crippen molar-refractivity contribution in [3.8, 4) is 0 Å². The summed E-state index contributed by atoms with van der Waals surface area (Å²) < 4.78 is 4.24. The number of para-hydroxylation sites is 1. The zero-order valence-corrected chi connectivity index (χ0v) is 12.0. The number of aromatic nitrogens is 2. The second-order valence-electron chi connectivity index (χ2n) is 4.43. The molecule has 1 heterocycles. The first-order valence-corrected chi connectivity index (χ1v) is 6.31. The van der Waals surface area contributed by atoms with Gasteiger partial charge in [0, 0.05) is 19.5 Å². The van der Waals surface area contributed by atoms with E-state index in [9.17, 15) is 0 Å². The van der Waals surface area contributed by atoms with Crippen molar-refractivity contribution in [2.45, 2.75) is 13.8 Å². The molecule has 94 valence electrons. The Morgan fingerprint density at radius 2 is 1.83 bits per heavy atom. The van der Waals surface area contributed by atoms with Crippen molar-refractivity contribution in [1.29, 1.82) is 0 Å². The minimum Gasteiger partial charge on any atom is -0.340 e. The fourth-order valence-corrected chi connectivity index (χ4v) is 2.43. The van der Waals surface area contributed by atoms with Gasteiger partial charge >= 0.3 is 5.82 Å². The van der Waals surface area contributed by atoms with Gasteiger partial charge in [0.1, 0.15) is 11.4 Å². The van der Waals surface area contributed by atoms with Gasteiger partial charge in [0.05, 0.1) is 14.1 Å². The van der Waals surface area contributed by atoms with Crippen LogP contribution in [0.4, 0.5) is 5.69 Å². The highest BCUT2D eigenvalue weighted by Crippen LogP contribution is 2.10. The first-order chi connectivity index (χ1) is 8.52. The predicted octanol–water partition coefficient (Wildman–Crippen LogP) is 2.25. The Morgan fingerprint density at radius 1 is 1.22 bits per heavy atom. The van der Waals surface area contributed by atoms with Gasteiger partial charge in [-0.15, -0.1) is 0 Å². The number of imidazole rings is 1. The molecule has 0 bridgehead atoms. The van der Waals surface area contributed by atoms with Crippen molar-refractivity contribution >= 4 is 22.9 Å². The monoisotopic (exact) mass is 260 g/mol. The first kappa shape index (κ1) is 12.8. The van der Waals surface area contributed by atoms with E-state index in [1.54, 1.807) is 0 Å². The highest BCUT2D eigenvalue weighted by Gasteiger charge is 2.24. The Morgan fingerprint density at radius 3 is 2.33 bits per heavy atom. The normalized spacial score (nSPS) is 10.4. The summed E-state index contributed by atoms with van der Waals surface area (Å²) in [7, 11) is 4.08. The van der Waals surface area contributed by atoms with Gasteiger partial charge in [-0.2, -0.15) is 0 Å². The predicted molar refractivity (Wildman–Crippen MR) is 77.8 cm³/mol. The molecule has 0 unspecified atom stereocenters. The van der Waals surface area contributed by atoms with Crippen LogP contribution in [0.3, 0.4) is 0 Å². The second-order valence-corrected chi connectivity index (χ2v) is 4.84. The van der Waals surface area contributed by atoms with Gasteiger partial charge in [0.15, 0.2) is 4.99 Å². The molecule has 4 heteroatoms. The Balaban J connectivity index is 2.33. The van der Waals surface area contributed by atoms with Crippen LogP contribution >= 0.6 is 12.2 Å². The van der Waals surface area contributed by atoms with Crippen molar-refractivity contribution in [1.82, 2.24) is 4.57 Å². The minimum absolute atomic E-state index is 0.738. The lowest BCUT2D eigenvalue weighted by atomic mass is 10.3. The molecule has 0 saturated carbocycles. The highest BCUT2D eigenvalue weighted by atomic mass is 32.1. The Hall–Kier alpha value is -1.68. The molecule has 0 aliphatic rings. The summed E-state index contributed by atoms with van der Waals surface area (Å²) in [5.74, 6) is 1.02. The molecule has 0 radical (unpaired) electrons. The van der Waals surface area contributed by atoms with Crippen LogP contribution < -0.4 is 9.88 Å². The average Bonchev–Trinajstić information content (AvgIpc) is 2.55. The lowest BCUT2D eigenvalue weighted by Gasteiger charge is -2.05. The van der Waals surface area contributed by atoms with Gasteiger partial charge in [-0.25, -0.2) is 9.13 Å². The van der Waals surface area contributed by atoms with E-state index < -0.39 is 0 Å². The summed E-state index contributed by atoms with van der Waals surface area (Å²) in [5.41, 5.74) is 3.47. The van der Waals surface area contributed by atoms with E-state index in [2.05, 4.69) is 28.3 Å². The lowest BCUT2D eigenvalue weighted by molar-refractivity contribution is -0.678. The molecule has 0 aliphatic heterocycles. The number of hydrogen-bond acceptors (Lipinski definition) is 1. The molecule has 1 aromatic heterocycles. The molecule has 0 fully saturated rings. The maximum Gasteiger partial charge on any atom is 0.317 e. The van der Waals surface area contributed by atoms with E-state index in [-0.39, 0.29) is 0 Å². The van der Waals surface area contributed by atoms with Crippen LogP contribution in [-0.4, -0.2) is 9.56 Å². The Kier molecular flexibility index (Phi) is 3.48. The maximum atomic E-state index is 5.50. The third-order valence-electron chi connectivity index (χ3n) is 3.40. The first-order valence-electron chi connectivity index (χ1n) is 5.90. The summed E-state index contributed by atoms with van der Waals surface area (Å²) in [6.07, 6.45) is 0.